The number of anilines is 1. The van der Waals surface area contributed by atoms with Crippen LogP contribution in [-0.2, 0) is 4.79 Å². The summed E-state index contributed by atoms with van der Waals surface area (Å²) in [7, 11) is 0. The maximum Gasteiger partial charge on any atom is 0.295 e. The van der Waals surface area contributed by atoms with Crippen LogP contribution in [0.2, 0.25) is 0 Å². The number of hydrogen-bond donors (Lipinski definition) is 1. The van der Waals surface area contributed by atoms with Crippen molar-refractivity contribution in [3.8, 4) is 5.69 Å². The molecule has 0 unspecified atom stereocenters. The highest BCUT2D eigenvalue weighted by atomic mass is 16.2. The van der Waals surface area contributed by atoms with Gasteiger partial charge in [-0.1, -0.05) is 42.8 Å². The van der Waals surface area contributed by atoms with Crippen LogP contribution in [0.4, 0.5) is 5.69 Å². The molecule has 2 heterocycles. The highest BCUT2D eigenvalue weighted by molar-refractivity contribution is 5.95. The zero-order valence-corrected chi connectivity index (χ0v) is 19.9. The van der Waals surface area contributed by atoms with Crippen LogP contribution in [0.25, 0.3) is 16.6 Å². The number of hydrogen-bond acceptors (Lipinski definition) is 4. The van der Waals surface area contributed by atoms with Gasteiger partial charge in [0.1, 0.15) is 6.04 Å². The normalized spacial score (nSPS) is 12.2. The molecule has 0 fully saturated rings. The molecule has 0 aliphatic rings. The average Bonchev–Trinajstić information content (AvgIpc) is 3.13. The minimum atomic E-state index is -0.747. The number of carbonyl (C=O) groups excluding carboxylic acids is 1. The Kier molecular flexibility index (Phi) is 5.89. The van der Waals surface area contributed by atoms with Gasteiger partial charge in [0.15, 0.2) is 5.52 Å². The van der Waals surface area contributed by atoms with Crippen molar-refractivity contribution in [3.05, 3.63) is 80.9 Å². The van der Waals surface area contributed by atoms with E-state index < -0.39 is 6.04 Å². The zero-order chi connectivity index (χ0) is 23.9. The first-order chi connectivity index (χ1) is 15.7. The van der Waals surface area contributed by atoms with Gasteiger partial charge in [0.25, 0.3) is 5.56 Å². The van der Waals surface area contributed by atoms with Crippen LogP contribution in [-0.4, -0.2) is 25.5 Å². The average molecular weight is 444 g/mol. The van der Waals surface area contributed by atoms with Gasteiger partial charge in [0.05, 0.1) is 22.5 Å². The molecule has 33 heavy (non-hydrogen) atoms. The summed E-state index contributed by atoms with van der Waals surface area (Å²) in [6.45, 7) is 11.6. The fourth-order valence-electron chi connectivity index (χ4n) is 4.54. The summed E-state index contributed by atoms with van der Waals surface area (Å²) in [5.74, 6) is -0.264. The third-order valence-electron chi connectivity index (χ3n) is 6.06. The number of fused-ring (bicyclic) bond motifs is 1. The molecule has 1 N–H and O–H groups in total. The van der Waals surface area contributed by atoms with Gasteiger partial charge >= 0.3 is 0 Å². The summed E-state index contributed by atoms with van der Waals surface area (Å²) in [4.78, 5) is 26.7. The van der Waals surface area contributed by atoms with Gasteiger partial charge < -0.3 is 5.32 Å². The third kappa shape index (κ3) is 3.95. The van der Waals surface area contributed by atoms with Crippen LogP contribution < -0.4 is 10.9 Å². The molecule has 0 aliphatic heterocycles. The number of carbonyl (C=O) groups is 1. The van der Waals surface area contributed by atoms with E-state index in [9.17, 15) is 9.59 Å². The maximum atomic E-state index is 13.5. The van der Waals surface area contributed by atoms with Crippen LogP contribution in [0.15, 0.2) is 47.3 Å². The van der Waals surface area contributed by atoms with Crippen molar-refractivity contribution in [2.45, 2.75) is 54.0 Å². The predicted octanol–water partition coefficient (Wildman–Crippen LogP) is 4.71. The van der Waals surface area contributed by atoms with E-state index in [1.807, 2.05) is 84.0 Å². The van der Waals surface area contributed by atoms with E-state index in [-0.39, 0.29) is 11.5 Å². The van der Waals surface area contributed by atoms with Crippen molar-refractivity contribution >= 4 is 22.5 Å². The van der Waals surface area contributed by atoms with E-state index in [0.29, 0.717) is 17.6 Å². The molecule has 7 heteroatoms. The summed E-state index contributed by atoms with van der Waals surface area (Å²) in [6.07, 6.45) is 0.423. The molecule has 0 spiro atoms. The van der Waals surface area contributed by atoms with Crippen LogP contribution in [0, 0.1) is 34.6 Å². The topological polar surface area (TPSA) is 81.8 Å². The molecule has 7 nitrogen and oxygen atoms in total. The molecule has 0 bridgehead atoms. The first-order valence-electron chi connectivity index (χ1n) is 11.2. The van der Waals surface area contributed by atoms with Gasteiger partial charge in [-0.2, -0.15) is 10.2 Å². The number of para-hydroxylation sites is 1. The maximum absolute atomic E-state index is 13.5. The van der Waals surface area contributed by atoms with E-state index in [0.717, 1.165) is 39.1 Å². The van der Waals surface area contributed by atoms with Crippen LogP contribution in [0.3, 0.4) is 0 Å². The SMILES string of the molecule is CC[C@H](C(=O)Nc1c(C)cc(C)cc1C)n1nc(C)c2c(C)n(-c3ccccc3)nc2c1=O. The Morgan fingerprint density at radius 1 is 1.00 bits per heavy atom. The fraction of sp³-hybridized carbons (Fsp3) is 0.308. The second-order valence-electron chi connectivity index (χ2n) is 8.58. The third-order valence-corrected chi connectivity index (χ3v) is 6.06. The van der Waals surface area contributed by atoms with E-state index in [4.69, 9.17) is 0 Å². The van der Waals surface area contributed by atoms with E-state index in [2.05, 4.69) is 15.5 Å². The molecular weight excluding hydrogens is 414 g/mol. The minimum Gasteiger partial charge on any atom is -0.324 e. The fourth-order valence-corrected chi connectivity index (χ4v) is 4.54. The lowest BCUT2D eigenvalue weighted by Gasteiger charge is -2.19. The molecule has 2 aromatic heterocycles. The molecule has 170 valence electrons. The smallest absolute Gasteiger partial charge is 0.295 e. The van der Waals surface area contributed by atoms with Gasteiger partial charge in [-0.05, 0) is 64.3 Å². The Hall–Kier alpha value is -3.74. The lowest BCUT2D eigenvalue weighted by Crippen LogP contribution is -2.35. The molecule has 0 radical (unpaired) electrons. The summed E-state index contributed by atoms with van der Waals surface area (Å²) in [5, 5.41) is 12.9. The zero-order valence-electron chi connectivity index (χ0n) is 19.9. The highest BCUT2D eigenvalue weighted by Gasteiger charge is 2.26. The standard InChI is InChI=1S/C26H29N5O2/c1-7-21(25(32)27-23-16(3)13-15(2)14-17(23)4)31-26(33)24-22(18(5)28-31)19(6)30(29-24)20-11-9-8-10-12-20/h8-14,21H,7H2,1-6H3,(H,27,32)/t21-/m1/s1. The van der Waals surface area contributed by atoms with Crippen molar-refractivity contribution < 1.29 is 4.79 Å². The molecule has 0 saturated heterocycles. The first kappa shape index (κ1) is 22.5. The number of nitrogens with one attached hydrogen (secondary N) is 1. The van der Waals surface area contributed by atoms with Crippen LogP contribution >= 0.6 is 0 Å². The minimum absolute atomic E-state index is 0.264. The molecule has 1 atom stereocenters. The Balaban J connectivity index is 1.79. The summed E-state index contributed by atoms with van der Waals surface area (Å²) >= 11 is 0. The Labute approximate surface area is 193 Å². The number of aromatic nitrogens is 4. The van der Waals surface area contributed by atoms with E-state index in [1.54, 1.807) is 4.68 Å². The summed E-state index contributed by atoms with van der Waals surface area (Å²) in [5.41, 5.74) is 6.21. The lowest BCUT2D eigenvalue weighted by molar-refractivity contribution is -0.119. The van der Waals surface area contributed by atoms with Crippen molar-refractivity contribution in [1.82, 2.24) is 19.6 Å². The van der Waals surface area contributed by atoms with Crippen molar-refractivity contribution in [2.75, 3.05) is 5.32 Å². The first-order valence-corrected chi connectivity index (χ1v) is 11.2. The molecule has 0 aliphatic carbocycles. The van der Waals surface area contributed by atoms with Crippen LogP contribution in [0.1, 0.15) is 47.5 Å². The van der Waals surface area contributed by atoms with E-state index in [1.165, 1.54) is 4.68 Å². The van der Waals surface area contributed by atoms with E-state index >= 15 is 0 Å². The van der Waals surface area contributed by atoms with Crippen molar-refractivity contribution in [3.63, 3.8) is 0 Å². The Morgan fingerprint density at radius 3 is 2.24 bits per heavy atom. The van der Waals surface area contributed by atoms with Crippen molar-refractivity contribution in [1.29, 1.82) is 0 Å². The molecule has 0 saturated carbocycles. The molecule has 4 rings (SSSR count). The van der Waals surface area contributed by atoms with Gasteiger partial charge in [-0.15, -0.1) is 0 Å². The summed E-state index contributed by atoms with van der Waals surface area (Å²) in [6, 6.07) is 13.0. The quantitative estimate of drug-likeness (QED) is 0.484. The number of amides is 1. The summed E-state index contributed by atoms with van der Waals surface area (Å²) < 4.78 is 3.04. The van der Waals surface area contributed by atoms with Crippen molar-refractivity contribution in [2.24, 2.45) is 0 Å². The van der Waals surface area contributed by atoms with Gasteiger partial charge in [-0.25, -0.2) is 9.36 Å². The highest BCUT2D eigenvalue weighted by Crippen LogP contribution is 2.25. The number of nitrogens with zero attached hydrogens (tertiary/aromatic N) is 4. The monoisotopic (exact) mass is 443 g/mol. The number of benzene rings is 2. The second kappa shape index (κ2) is 8.65. The number of rotatable bonds is 5. The van der Waals surface area contributed by atoms with Gasteiger partial charge in [0.2, 0.25) is 5.91 Å². The lowest BCUT2D eigenvalue weighted by atomic mass is 10.0. The Morgan fingerprint density at radius 2 is 1.64 bits per heavy atom. The van der Waals surface area contributed by atoms with Gasteiger partial charge in [-0.3, -0.25) is 9.59 Å². The number of aryl methyl sites for hydroxylation is 5. The van der Waals surface area contributed by atoms with Crippen LogP contribution in [0.5, 0.6) is 0 Å². The Bertz CT molecular complexity index is 1390. The molecule has 2 aromatic carbocycles. The molecule has 4 aromatic rings. The largest absolute Gasteiger partial charge is 0.324 e. The molecule has 1 amide bonds. The second-order valence-corrected chi connectivity index (χ2v) is 8.58. The predicted molar refractivity (Wildman–Crippen MR) is 131 cm³/mol. The molecular formula is C26H29N5O2. The van der Waals surface area contributed by atoms with Gasteiger partial charge in [0, 0.05) is 5.69 Å².